The third-order valence-corrected chi connectivity index (χ3v) is 6.76. The summed E-state index contributed by atoms with van der Waals surface area (Å²) in [5, 5.41) is 0. The SMILES string of the molecule is Cc1ccc(COc2cc(C)c(C)cc2N(C[C@@H](C)F)S(=O)(=O)c2cccnc2)cc1. The highest BCUT2D eigenvalue weighted by Crippen LogP contribution is 2.36. The van der Waals surface area contributed by atoms with Crippen molar-refractivity contribution in [2.24, 2.45) is 0 Å². The van der Waals surface area contributed by atoms with Crippen molar-refractivity contribution in [1.29, 1.82) is 0 Å². The van der Waals surface area contributed by atoms with Gasteiger partial charge in [-0.25, -0.2) is 12.8 Å². The molecule has 3 rings (SSSR count). The van der Waals surface area contributed by atoms with E-state index in [1.54, 1.807) is 18.2 Å². The first-order valence-electron chi connectivity index (χ1n) is 10.0. The van der Waals surface area contributed by atoms with Gasteiger partial charge in [0, 0.05) is 12.4 Å². The topological polar surface area (TPSA) is 59.5 Å². The fourth-order valence-corrected chi connectivity index (χ4v) is 4.61. The van der Waals surface area contributed by atoms with Crippen LogP contribution in [0.2, 0.25) is 0 Å². The number of anilines is 1. The smallest absolute Gasteiger partial charge is 0.266 e. The predicted molar refractivity (Wildman–Crippen MR) is 121 cm³/mol. The van der Waals surface area contributed by atoms with E-state index in [0.717, 1.165) is 26.6 Å². The summed E-state index contributed by atoms with van der Waals surface area (Å²) in [4.78, 5) is 3.91. The average molecular weight is 443 g/mol. The molecule has 0 unspecified atom stereocenters. The van der Waals surface area contributed by atoms with Crippen molar-refractivity contribution >= 4 is 15.7 Å². The zero-order valence-corrected chi connectivity index (χ0v) is 19.0. The minimum absolute atomic E-state index is 0.00152. The number of nitrogens with zero attached hydrogens (tertiary/aromatic N) is 2. The molecule has 0 N–H and O–H groups in total. The van der Waals surface area contributed by atoms with Crippen LogP contribution in [0.4, 0.5) is 10.1 Å². The first-order chi connectivity index (χ1) is 14.7. The van der Waals surface area contributed by atoms with Crippen LogP contribution in [0.15, 0.2) is 65.8 Å². The van der Waals surface area contributed by atoms with E-state index in [9.17, 15) is 12.8 Å². The Morgan fingerprint density at radius 2 is 1.74 bits per heavy atom. The van der Waals surface area contributed by atoms with Gasteiger partial charge in [0.25, 0.3) is 10.0 Å². The molecule has 0 aliphatic rings. The van der Waals surface area contributed by atoms with Crippen LogP contribution >= 0.6 is 0 Å². The number of pyridine rings is 1. The molecule has 0 saturated carbocycles. The molecule has 1 aromatic heterocycles. The van der Waals surface area contributed by atoms with Crippen molar-refractivity contribution in [1.82, 2.24) is 4.98 Å². The summed E-state index contributed by atoms with van der Waals surface area (Å²) >= 11 is 0. The molecule has 0 aliphatic heterocycles. The van der Waals surface area contributed by atoms with Gasteiger partial charge in [-0.3, -0.25) is 9.29 Å². The third-order valence-electron chi connectivity index (χ3n) is 5.00. The zero-order chi connectivity index (χ0) is 22.6. The highest BCUT2D eigenvalue weighted by molar-refractivity contribution is 7.92. The standard InChI is InChI=1S/C24H27FN2O3S/c1-17-7-9-21(10-8-17)16-30-24-13-19(3)18(2)12-23(24)27(15-20(4)25)31(28,29)22-6-5-11-26-14-22/h5-14,20H,15-16H2,1-4H3/t20-/m1/s1. The number of aromatic nitrogens is 1. The van der Waals surface area contributed by atoms with E-state index in [1.165, 1.54) is 25.4 Å². The second-order valence-corrected chi connectivity index (χ2v) is 9.55. The molecule has 0 aliphatic carbocycles. The van der Waals surface area contributed by atoms with E-state index >= 15 is 0 Å². The second kappa shape index (κ2) is 9.47. The Labute approximate surface area is 183 Å². The van der Waals surface area contributed by atoms with Crippen LogP contribution in [0, 0.1) is 20.8 Å². The Bertz CT molecular complexity index is 1130. The van der Waals surface area contributed by atoms with Crippen LogP contribution in [-0.4, -0.2) is 26.1 Å². The van der Waals surface area contributed by atoms with E-state index in [4.69, 9.17) is 4.74 Å². The molecular formula is C24H27FN2O3S. The molecule has 1 heterocycles. The van der Waals surface area contributed by atoms with E-state index in [2.05, 4.69) is 4.98 Å². The van der Waals surface area contributed by atoms with Gasteiger partial charge in [-0.05, 0) is 68.7 Å². The normalized spacial score (nSPS) is 12.4. The number of benzene rings is 2. The maximum absolute atomic E-state index is 14.1. The highest BCUT2D eigenvalue weighted by Gasteiger charge is 2.29. The molecule has 0 saturated heterocycles. The Balaban J connectivity index is 2.05. The molecule has 0 bridgehead atoms. The molecule has 7 heteroatoms. The number of rotatable bonds is 8. The largest absolute Gasteiger partial charge is 0.487 e. The summed E-state index contributed by atoms with van der Waals surface area (Å²) in [6.45, 7) is 7.08. The quantitative estimate of drug-likeness (QED) is 0.485. The Morgan fingerprint density at radius 1 is 1.06 bits per heavy atom. The minimum atomic E-state index is -4.04. The molecule has 0 radical (unpaired) electrons. The molecular weight excluding hydrogens is 415 g/mol. The van der Waals surface area contributed by atoms with Crippen LogP contribution in [0.5, 0.6) is 5.75 Å². The minimum Gasteiger partial charge on any atom is -0.487 e. The molecule has 5 nitrogen and oxygen atoms in total. The van der Waals surface area contributed by atoms with E-state index in [-0.39, 0.29) is 18.0 Å². The lowest BCUT2D eigenvalue weighted by Crippen LogP contribution is -2.36. The van der Waals surface area contributed by atoms with E-state index < -0.39 is 16.2 Å². The van der Waals surface area contributed by atoms with E-state index in [0.29, 0.717) is 11.4 Å². The van der Waals surface area contributed by atoms with Crippen LogP contribution in [0.3, 0.4) is 0 Å². The van der Waals surface area contributed by atoms with Gasteiger partial charge in [0.05, 0.1) is 12.2 Å². The summed E-state index contributed by atoms with van der Waals surface area (Å²) in [6.07, 6.45) is 1.38. The number of halogens is 1. The molecule has 3 aromatic rings. The summed E-state index contributed by atoms with van der Waals surface area (Å²) < 4.78 is 48.0. The molecule has 2 aromatic carbocycles. The van der Waals surface area contributed by atoms with Crippen molar-refractivity contribution < 1.29 is 17.5 Å². The lowest BCUT2D eigenvalue weighted by molar-refractivity contribution is 0.306. The lowest BCUT2D eigenvalue weighted by Gasteiger charge is -2.27. The number of ether oxygens (including phenoxy) is 1. The molecule has 1 atom stereocenters. The highest BCUT2D eigenvalue weighted by atomic mass is 32.2. The van der Waals surface area contributed by atoms with Gasteiger partial charge in [-0.2, -0.15) is 0 Å². The predicted octanol–water partition coefficient (Wildman–Crippen LogP) is 5.14. The summed E-state index contributed by atoms with van der Waals surface area (Å²) in [7, 11) is -4.04. The Hall–Kier alpha value is -2.93. The van der Waals surface area contributed by atoms with Crippen molar-refractivity contribution in [3.63, 3.8) is 0 Å². The lowest BCUT2D eigenvalue weighted by atomic mass is 10.1. The number of aryl methyl sites for hydroxylation is 3. The summed E-state index contributed by atoms with van der Waals surface area (Å²) in [5.74, 6) is 0.386. The fourth-order valence-electron chi connectivity index (χ4n) is 3.11. The molecule has 31 heavy (non-hydrogen) atoms. The van der Waals surface area contributed by atoms with Gasteiger partial charge in [0.1, 0.15) is 23.4 Å². The van der Waals surface area contributed by atoms with Gasteiger partial charge >= 0.3 is 0 Å². The summed E-state index contributed by atoms with van der Waals surface area (Å²) in [6, 6.07) is 14.4. The van der Waals surface area contributed by atoms with Crippen molar-refractivity contribution in [2.45, 2.75) is 45.4 Å². The van der Waals surface area contributed by atoms with Crippen molar-refractivity contribution in [2.75, 3.05) is 10.8 Å². The van der Waals surface area contributed by atoms with Crippen molar-refractivity contribution in [3.05, 3.63) is 83.2 Å². The number of hydrogen-bond acceptors (Lipinski definition) is 4. The average Bonchev–Trinajstić information content (AvgIpc) is 2.74. The number of alkyl halides is 1. The van der Waals surface area contributed by atoms with Crippen LogP contribution < -0.4 is 9.04 Å². The molecule has 0 fully saturated rings. The van der Waals surface area contributed by atoms with Gasteiger partial charge < -0.3 is 4.74 Å². The van der Waals surface area contributed by atoms with Gasteiger partial charge in [-0.1, -0.05) is 29.8 Å². The molecule has 0 spiro atoms. The molecule has 0 amide bonds. The maximum Gasteiger partial charge on any atom is 0.266 e. The van der Waals surface area contributed by atoms with Gasteiger partial charge in [-0.15, -0.1) is 0 Å². The maximum atomic E-state index is 14.1. The zero-order valence-electron chi connectivity index (χ0n) is 18.2. The fraction of sp³-hybridized carbons (Fsp3) is 0.292. The van der Waals surface area contributed by atoms with E-state index in [1.807, 2.05) is 45.0 Å². The van der Waals surface area contributed by atoms with Gasteiger partial charge in [0.2, 0.25) is 0 Å². The third kappa shape index (κ3) is 5.41. The first kappa shape index (κ1) is 22.7. The first-order valence-corrected chi connectivity index (χ1v) is 11.5. The van der Waals surface area contributed by atoms with Gasteiger partial charge in [0.15, 0.2) is 0 Å². The summed E-state index contributed by atoms with van der Waals surface area (Å²) in [5.41, 5.74) is 4.24. The Kier molecular flexibility index (Phi) is 6.95. The second-order valence-electron chi connectivity index (χ2n) is 7.68. The monoisotopic (exact) mass is 442 g/mol. The number of hydrogen-bond donors (Lipinski definition) is 0. The molecule has 164 valence electrons. The number of sulfonamides is 1. The van der Waals surface area contributed by atoms with Crippen molar-refractivity contribution in [3.8, 4) is 5.75 Å². The Morgan fingerprint density at radius 3 is 2.35 bits per heavy atom. The van der Waals surface area contributed by atoms with Crippen LogP contribution in [-0.2, 0) is 16.6 Å². The van der Waals surface area contributed by atoms with Crippen LogP contribution in [0.25, 0.3) is 0 Å². The van der Waals surface area contributed by atoms with Crippen LogP contribution in [0.1, 0.15) is 29.2 Å².